The van der Waals surface area contributed by atoms with Crippen LogP contribution < -0.4 is 14.8 Å². The number of hydrogen-bond donors (Lipinski definition) is 1. The molecule has 4 nitrogen and oxygen atoms in total. The molecule has 0 saturated heterocycles. The number of likely N-dealkylation sites (N-methyl/N-ethyl adjacent to an activating group) is 1. The molecule has 154 valence electrons. The Morgan fingerprint density at radius 3 is 2.50 bits per heavy atom. The van der Waals surface area contributed by atoms with Gasteiger partial charge in [-0.1, -0.05) is 43.6 Å². The van der Waals surface area contributed by atoms with Crippen molar-refractivity contribution in [3.05, 3.63) is 57.0 Å². The van der Waals surface area contributed by atoms with Gasteiger partial charge >= 0.3 is 0 Å². The summed E-state index contributed by atoms with van der Waals surface area (Å²) in [5, 5.41) is 4.21. The zero-order chi connectivity index (χ0) is 20.4. The Bertz CT molecular complexity index is 738. The molecule has 0 bridgehead atoms. The van der Waals surface area contributed by atoms with Gasteiger partial charge in [-0.3, -0.25) is 0 Å². The maximum Gasteiger partial charge on any atom is 0.175 e. The van der Waals surface area contributed by atoms with Crippen molar-refractivity contribution in [3.63, 3.8) is 0 Å². The Morgan fingerprint density at radius 1 is 1.07 bits per heavy atom. The van der Waals surface area contributed by atoms with Crippen LogP contribution in [0.4, 0.5) is 0 Å². The van der Waals surface area contributed by atoms with Crippen LogP contribution in [0.3, 0.4) is 0 Å². The van der Waals surface area contributed by atoms with E-state index in [4.69, 9.17) is 21.1 Å². The molecule has 0 aromatic heterocycles. The van der Waals surface area contributed by atoms with Crippen LogP contribution in [0.5, 0.6) is 11.5 Å². The number of halogens is 2. The molecule has 0 saturated carbocycles. The molecular weight excluding hydrogens is 440 g/mol. The van der Waals surface area contributed by atoms with E-state index in [1.165, 1.54) is 0 Å². The van der Waals surface area contributed by atoms with Crippen LogP contribution in [0.1, 0.15) is 31.9 Å². The lowest BCUT2D eigenvalue weighted by atomic mass is 10.2. The van der Waals surface area contributed by atoms with E-state index in [0.717, 1.165) is 54.1 Å². The highest BCUT2D eigenvalue weighted by molar-refractivity contribution is 9.10. The van der Waals surface area contributed by atoms with Crippen LogP contribution >= 0.6 is 27.5 Å². The van der Waals surface area contributed by atoms with E-state index < -0.39 is 0 Å². The average molecular weight is 470 g/mol. The molecule has 28 heavy (non-hydrogen) atoms. The Morgan fingerprint density at radius 2 is 1.82 bits per heavy atom. The lowest BCUT2D eigenvalue weighted by molar-refractivity contribution is 0.267. The summed E-state index contributed by atoms with van der Waals surface area (Å²) in [6, 6.07) is 11.8. The summed E-state index contributed by atoms with van der Waals surface area (Å²) in [4.78, 5) is 2.40. The molecule has 0 atom stereocenters. The van der Waals surface area contributed by atoms with Gasteiger partial charge in [0.1, 0.15) is 6.61 Å². The molecule has 2 aromatic carbocycles. The topological polar surface area (TPSA) is 33.7 Å². The van der Waals surface area contributed by atoms with Crippen LogP contribution in [0.25, 0.3) is 0 Å². The van der Waals surface area contributed by atoms with Crippen LogP contribution in [-0.2, 0) is 13.2 Å². The van der Waals surface area contributed by atoms with Crippen molar-refractivity contribution in [3.8, 4) is 11.5 Å². The molecule has 0 heterocycles. The maximum absolute atomic E-state index is 6.24. The van der Waals surface area contributed by atoms with Crippen molar-refractivity contribution in [1.82, 2.24) is 10.2 Å². The van der Waals surface area contributed by atoms with Crippen molar-refractivity contribution in [2.45, 2.75) is 33.9 Å². The van der Waals surface area contributed by atoms with Crippen LogP contribution in [0.2, 0.25) is 5.02 Å². The lowest BCUT2D eigenvalue weighted by Gasteiger charge is -2.19. The highest BCUT2D eigenvalue weighted by atomic mass is 79.9. The van der Waals surface area contributed by atoms with Crippen molar-refractivity contribution < 1.29 is 9.47 Å². The van der Waals surface area contributed by atoms with Gasteiger partial charge in [-0.25, -0.2) is 0 Å². The minimum Gasteiger partial charge on any atom is -0.490 e. The fourth-order valence-corrected chi connectivity index (χ4v) is 3.70. The molecule has 2 rings (SSSR count). The normalized spacial score (nSPS) is 11.1. The van der Waals surface area contributed by atoms with Gasteiger partial charge in [-0.05, 0) is 59.7 Å². The van der Waals surface area contributed by atoms with E-state index in [2.05, 4.69) is 46.1 Å². The summed E-state index contributed by atoms with van der Waals surface area (Å²) in [6.07, 6.45) is 0. The summed E-state index contributed by atoms with van der Waals surface area (Å²) in [7, 11) is 0. The Kier molecular flexibility index (Phi) is 10.1. The Balaban J connectivity index is 2.03. The number of nitrogens with zero attached hydrogens (tertiary/aromatic N) is 1. The van der Waals surface area contributed by atoms with Gasteiger partial charge in [0, 0.05) is 30.2 Å². The average Bonchev–Trinajstić information content (AvgIpc) is 2.69. The maximum atomic E-state index is 6.24. The van der Waals surface area contributed by atoms with Gasteiger partial charge in [-0.2, -0.15) is 0 Å². The van der Waals surface area contributed by atoms with Crippen LogP contribution in [-0.4, -0.2) is 37.7 Å². The second kappa shape index (κ2) is 12.3. The van der Waals surface area contributed by atoms with Gasteiger partial charge in [0.2, 0.25) is 0 Å². The predicted molar refractivity (Wildman–Crippen MR) is 121 cm³/mol. The summed E-state index contributed by atoms with van der Waals surface area (Å²) in [5.41, 5.74) is 2.10. The Hall–Kier alpha value is -1.27. The molecule has 0 aliphatic heterocycles. The van der Waals surface area contributed by atoms with Crippen LogP contribution in [0, 0.1) is 0 Å². The van der Waals surface area contributed by atoms with E-state index in [1.807, 2.05) is 37.3 Å². The van der Waals surface area contributed by atoms with Crippen molar-refractivity contribution in [2.24, 2.45) is 0 Å². The molecule has 0 aliphatic carbocycles. The number of nitrogens with one attached hydrogen (secondary N) is 1. The number of benzene rings is 2. The van der Waals surface area contributed by atoms with Gasteiger partial charge in [0.05, 0.1) is 11.1 Å². The smallest absolute Gasteiger partial charge is 0.175 e. The van der Waals surface area contributed by atoms with Gasteiger partial charge < -0.3 is 19.7 Å². The first-order valence-electron chi connectivity index (χ1n) is 9.83. The molecule has 0 radical (unpaired) electrons. The third-order valence-corrected chi connectivity index (χ3v) is 5.49. The zero-order valence-corrected chi connectivity index (χ0v) is 19.3. The molecule has 2 aromatic rings. The van der Waals surface area contributed by atoms with Crippen molar-refractivity contribution in [1.29, 1.82) is 0 Å². The summed E-state index contributed by atoms with van der Waals surface area (Å²) in [6.45, 7) is 12.3. The third kappa shape index (κ3) is 6.96. The highest BCUT2D eigenvalue weighted by Crippen LogP contribution is 2.37. The van der Waals surface area contributed by atoms with Crippen molar-refractivity contribution in [2.75, 3.05) is 32.8 Å². The molecule has 6 heteroatoms. The summed E-state index contributed by atoms with van der Waals surface area (Å²) >= 11 is 9.88. The second-order valence-electron chi connectivity index (χ2n) is 6.42. The molecule has 0 amide bonds. The summed E-state index contributed by atoms with van der Waals surface area (Å²) in [5.74, 6) is 1.44. The molecule has 0 fully saturated rings. The third-order valence-electron chi connectivity index (χ3n) is 4.53. The van der Waals surface area contributed by atoms with Crippen molar-refractivity contribution >= 4 is 27.5 Å². The Labute approximate surface area is 182 Å². The largest absolute Gasteiger partial charge is 0.490 e. The number of ether oxygens (including phenoxy) is 2. The minimum absolute atomic E-state index is 0.389. The fraction of sp³-hybridized carbons (Fsp3) is 0.455. The molecular formula is C22H30BrClN2O2. The second-order valence-corrected chi connectivity index (χ2v) is 7.68. The van der Waals surface area contributed by atoms with E-state index >= 15 is 0 Å². The number of rotatable bonds is 12. The molecule has 0 unspecified atom stereocenters. The zero-order valence-electron chi connectivity index (χ0n) is 16.9. The lowest BCUT2D eigenvalue weighted by Crippen LogP contribution is -2.31. The fourth-order valence-electron chi connectivity index (χ4n) is 2.90. The van der Waals surface area contributed by atoms with Gasteiger partial charge in [0.15, 0.2) is 11.5 Å². The number of hydrogen-bond acceptors (Lipinski definition) is 4. The van der Waals surface area contributed by atoms with E-state index in [9.17, 15) is 0 Å². The van der Waals surface area contributed by atoms with E-state index in [1.54, 1.807) is 0 Å². The first-order valence-corrected chi connectivity index (χ1v) is 11.0. The molecule has 0 aliphatic rings. The van der Waals surface area contributed by atoms with Gasteiger partial charge in [-0.15, -0.1) is 0 Å². The first-order chi connectivity index (χ1) is 13.6. The van der Waals surface area contributed by atoms with E-state index in [0.29, 0.717) is 24.0 Å². The highest BCUT2D eigenvalue weighted by Gasteiger charge is 2.13. The predicted octanol–water partition coefficient (Wildman–Crippen LogP) is 5.51. The monoisotopic (exact) mass is 468 g/mol. The van der Waals surface area contributed by atoms with E-state index in [-0.39, 0.29) is 0 Å². The standard InChI is InChI=1S/C22H30BrClN2O2/c1-4-26(5-2)12-11-25-15-17-13-19(23)22(21(14-17)27-6-3)28-16-18-9-7-8-10-20(18)24/h7-10,13-14,25H,4-6,11-12,15-16H2,1-3H3. The van der Waals surface area contributed by atoms with Gasteiger partial charge in [0.25, 0.3) is 0 Å². The molecule has 0 spiro atoms. The first kappa shape index (κ1) is 23.0. The molecule has 1 N–H and O–H groups in total. The SMILES string of the molecule is CCOc1cc(CNCCN(CC)CC)cc(Br)c1OCc1ccccc1Cl. The summed E-state index contributed by atoms with van der Waals surface area (Å²) < 4.78 is 12.8. The quantitative estimate of drug-likeness (QED) is 0.415. The van der Waals surface area contributed by atoms with Crippen LogP contribution in [0.15, 0.2) is 40.9 Å². The minimum atomic E-state index is 0.389.